The van der Waals surface area contributed by atoms with Gasteiger partial charge in [0.05, 0.1) is 16.7 Å². The van der Waals surface area contributed by atoms with Crippen molar-refractivity contribution in [2.45, 2.75) is 6.04 Å². The number of benzene rings is 1. The fourth-order valence-corrected chi connectivity index (χ4v) is 3.06. The van der Waals surface area contributed by atoms with Crippen LogP contribution in [0, 0.1) is 10.1 Å². The molecule has 6 nitrogen and oxygen atoms in total. The van der Waals surface area contributed by atoms with E-state index < -0.39 is 20.8 Å². The fourth-order valence-electron chi connectivity index (χ4n) is 1.65. The Morgan fingerprint density at radius 2 is 2.17 bits per heavy atom. The number of nitro benzene ring substituents is 1. The SMILES string of the molecule is O=[N+]([O-])c1ccc(Cl)cc1NC1C=CS(=O)(=O)C1. The summed E-state index contributed by atoms with van der Waals surface area (Å²) in [6.45, 7) is 0. The summed E-state index contributed by atoms with van der Waals surface area (Å²) in [7, 11) is -3.20. The summed E-state index contributed by atoms with van der Waals surface area (Å²) < 4.78 is 22.5. The maximum Gasteiger partial charge on any atom is 0.292 e. The molecule has 2 rings (SSSR count). The first-order chi connectivity index (χ1) is 8.37. The number of sulfone groups is 1. The summed E-state index contributed by atoms with van der Waals surface area (Å²) in [6.07, 6.45) is 1.46. The highest BCUT2D eigenvalue weighted by atomic mass is 35.5. The highest BCUT2D eigenvalue weighted by Gasteiger charge is 2.24. The lowest BCUT2D eigenvalue weighted by atomic mass is 10.2. The van der Waals surface area contributed by atoms with Crippen LogP contribution in [0.4, 0.5) is 11.4 Å². The minimum Gasteiger partial charge on any atom is -0.372 e. The molecule has 0 saturated heterocycles. The molecular weight excluding hydrogens is 280 g/mol. The molecule has 1 unspecified atom stereocenters. The third kappa shape index (κ3) is 2.80. The normalized spacial score (nSPS) is 20.8. The zero-order valence-electron chi connectivity index (χ0n) is 9.04. The molecule has 1 aromatic rings. The number of nitrogens with one attached hydrogen (secondary N) is 1. The van der Waals surface area contributed by atoms with Gasteiger partial charge in [-0.3, -0.25) is 10.1 Å². The first-order valence-corrected chi connectivity index (χ1v) is 7.08. The van der Waals surface area contributed by atoms with Gasteiger partial charge in [-0.1, -0.05) is 17.7 Å². The third-order valence-corrected chi connectivity index (χ3v) is 4.06. The van der Waals surface area contributed by atoms with E-state index in [4.69, 9.17) is 11.6 Å². The van der Waals surface area contributed by atoms with Crippen molar-refractivity contribution in [1.29, 1.82) is 0 Å². The van der Waals surface area contributed by atoms with Crippen molar-refractivity contribution in [2.75, 3.05) is 11.1 Å². The standard InChI is InChI=1S/C10H9ClN2O4S/c11-7-1-2-10(13(14)15)9(5-7)12-8-3-4-18(16,17)6-8/h1-5,8,12H,6H2. The van der Waals surface area contributed by atoms with Crippen LogP contribution in [0.3, 0.4) is 0 Å². The minimum absolute atomic E-state index is 0.114. The van der Waals surface area contributed by atoms with Gasteiger partial charge in [0.15, 0.2) is 9.84 Å². The van der Waals surface area contributed by atoms with Crippen LogP contribution in [-0.4, -0.2) is 25.1 Å². The zero-order valence-corrected chi connectivity index (χ0v) is 10.6. The zero-order chi connectivity index (χ0) is 13.3. The average molecular weight is 289 g/mol. The molecule has 1 heterocycles. The number of nitro groups is 1. The number of hydrogen-bond donors (Lipinski definition) is 1. The summed E-state index contributed by atoms with van der Waals surface area (Å²) in [5.74, 6) is -0.114. The van der Waals surface area contributed by atoms with Gasteiger partial charge in [-0.15, -0.1) is 0 Å². The van der Waals surface area contributed by atoms with Crippen molar-refractivity contribution in [3.63, 3.8) is 0 Å². The molecule has 1 aromatic carbocycles. The second-order valence-corrected chi connectivity index (χ2v) is 6.20. The largest absolute Gasteiger partial charge is 0.372 e. The van der Waals surface area contributed by atoms with E-state index >= 15 is 0 Å². The first-order valence-electron chi connectivity index (χ1n) is 4.99. The Bertz CT molecular complexity index is 627. The lowest BCUT2D eigenvalue weighted by molar-refractivity contribution is -0.384. The van der Waals surface area contributed by atoms with Gasteiger partial charge in [-0.05, 0) is 12.1 Å². The molecule has 0 aliphatic carbocycles. The van der Waals surface area contributed by atoms with E-state index in [0.717, 1.165) is 5.41 Å². The lowest BCUT2D eigenvalue weighted by Gasteiger charge is -2.11. The highest BCUT2D eigenvalue weighted by molar-refractivity contribution is 7.94. The lowest BCUT2D eigenvalue weighted by Crippen LogP contribution is -2.21. The molecule has 1 N–H and O–H groups in total. The van der Waals surface area contributed by atoms with Crippen LogP contribution < -0.4 is 5.32 Å². The topological polar surface area (TPSA) is 89.3 Å². The molecule has 1 aliphatic heterocycles. The Kier molecular flexibility index (Phi) is 3.27. The van der Waals surface area contributed by atoms with Crippen LogP contribution in [-0.2, 0) is 9.84 Å². The van der Waals surface area contributed by atoms with E-state index in [2.05, 4.69) is 5.32 Å². The van der Waals surface area contributed by atoms with E-state index in [1.54, 1.807) is 0 Å². The van der Waals surface area contributed by atoms with Gasteiger partial charge in [0.2, 0.25) is 0 Å². The predicted molar refractivity (Wildman–Crippen MR) is 68.4 cm³/mol. The van der Waals surface area contributed by atoms with E-state index in [1.165, 1.54) is 24.3 Å². The van der Waals surface area contributed by atoms with Crippen molar-refractivity contribution < 1.29 is 13.3 Å². The Balaban J connectivity index is 2.27. The van der Waals surface area contributed by atoms with Gasteiger partial charge in [-0.2, -0.15) is 0 Å². The van der Waals surface area contributed by atoms with Crippen LogP contribution in [0.2, 0.25) is 5.02 Å². The number of hydrogen-bond acceptors (Lipinski definition) is 5. The molecule has 0 bridgehead atoms. The van der Waals surface area contributed by atoms with Crippen molar-refractivity contribution >= 4 is 32.8 Å². The van der Waals surface area contributed by atoms with Gasteiger partial charge in [0, 0.05) is 16.5 Å². The molecule has 0 aromatic heterocycles. The Morgan fingerprint density at radius 3 is 2.72 bits per heavy atom. The smallest absolute Gasteiger partial charge is 0.292 e. The number of anilines is 1. The number of halogens is 1. The molecule has 0 fully saturated rings. The van der Waals surface area contributed by atoms with Crippen molar-refractivity contribution in [1.82, 2.24) is 0 Å². The second-order valence-electron chi connectivity index (χ2n) is 3.83. The fraction of sp³-hybridized carbons (Fsp3) is 0.200. The monoisotopic (exact) mass is 288 g/mol. The van der Waals surface area contributed by atoms with E-state index in [0.29, 0.717) is 5.02 Å². The second kappa shape index (κ2) is 4.58. The van der Waals surface area contributed by atoms with Gasteiger partial charge in [0.25, 0.3) is 5.69 Å². The van der Waals surface area contributed by atoms with Crippen LogP contribution in [0.5, 0.6) is 0 Å². The molecule has 0 amide bonds. The van der Waals surface area contributed by atoms with Gasteiger partial charge < -0.3 is 5.32 Å². The molecule has 0 saturated carbocycles. The Hall–Kier alpha value is -1.60. The van der Waals surface area contributed by atoms with E-state index in [-0.39, 0.29) is 17.1 Å². The third-order valence-electron chi connectivity index (χ3n) is 2.43. The van der Waals surface area contributed by atoms with Gasteiger partial charge in [-0.25, -0.2) is 8.42 Å². The van der Waals surface area contributed by atoms with Crippen LogP contribution in [0.1, 0.15) is 0 Å². The molecule has 0 spiro atoms. The maximum absolute atomic E-state index is 11.2. The van der Waals surface area contributed by atoms with Crippen molar-refractivity contribution in [3.05, 3.63) is 44.8 Å². The number of nitrogens with zero attached hydrogens (tertiary/aromatic N) is 1. The summed E-state index contributed by atoms with van der Waals surface area (Å²) in [6, 6.07) is 3.61. The van der Waals surface area contributed by atoms with E-state index in [9.17, 15) is 18.5 Å². The van der Waals surface area contributed by atoms with Crippen LogP contribution in [0.25, 0.3) is 0 Å². The molecule has 1 aliphatic rings. The average Bonchev–Trinajstić information content (AvgIpc) is 2.57. The number of rotatable bonds is 3. The Labute approximate surface area is 108 Å². The van der Waals surface area contributed by atoms with E-state index in [1.807, 2.05) is 0 Å². The highest BCUT2D eigenvalue weighted by Crippen LogP contribution is 2.29. The first kappa shape index (κ1) is 12.8. The summed E-state index contributed by atoms with van der Waals surface area (Å²) in [4.78, 5) is 10.3. The van der Waals surface area contributed by atoms with Crippen LogP contribution in [0.15, 0.2) is 29.7 Å². The van der Waals surface area contributed by atoms with Gasteiger partial charge >= 0.3 is 0 Å². The van der Waals surface area contributed by atoms with Crippen molar-refractivity contribution in [2.24, 2.45) is 0 Å². The summed E-state index contributed by atoms with van der Waals surface area (Å²) in [5.41, 5.74) is 0.0661. The summed E-state index contributed by atoms with van der Waals surface area (Å²) >= 11 is 5.76. The molecule has 96 valence electrons. The van der Waals surface area contributed by atoms with Crippen molar-refractivity contribution in [3.8, 4) is 0 Å². The quantitative estimate of drug-likeness (QED) is 0.678. The molecule has 8 heteroatoms. The molecule has 0 radical (unpaired) electrons. The Morgan fingerprint density at radius 1 is 1.44 bits per heavy atom. The molecular formula is C10H9ClN2O4S. The molecule has 1 atom stereocenters. The minimum atomic E-state index is -3.20. The van der Waals surface area contributed by atoms with Gasteiger partial charge in [0.1, 0.15) is 5.69 Å². The maximum atomic E-state index is 11.2. The molecule has 18 heavy (non-hydrogen) atoms. The predicted octanol–water partition coefficient (Wildman–Crippen LogP) is 1.97. The van der Waals surface area contributed by atoms with Crippen LogP contribution >= 0.6 is 11.6 Å². The summed E-state index contributed by atoms with van der Waals surface area (Å²) in [5, 5.41) is 15.1.